The van der Waals surface area contributed by atoms with Crippen LogP contribution in [-0.4, -0.2) is 11.8 Å². The van der Waals surface area contributed by atoms with E-state index in [9.17, 15) is 9.59 Å². The van der Waals surface area contributed by atoms with Crippen molar-refractivity contribution in [2.24, 2.45) is 16.0 Å². The van der Waals surface area contributed by atoms with Gasteiger partial charge < -0.3 is 11.1 Å². The number of thiophene rings is 1. The van der Waals surface area contributed by atoms with Crippen LogP contribution in [0.3, 0.4) is 0 Å². The minimum absolute atomic E-state index is 0.151. The molecule has 4 rings (SSSR count). The predicted octanol–water partition coefficient (Wildman–Crippen LogP) is 3.66. The van der Waals surface area contributed by atoms with Gasteiger partial charge in [0.25, 0.3) is 0 Å². The Morgan fingerprint density at radius 2 is 2.17 bits per heavy atom. The fourth-order valence-electron chi connectivity index (χ4n) is 3.01. The number of Topliss-reactive ketones (excluding diaryl/α,β-unsaturated/α-hetero) is 1. The van der Waals surface area contributed by atoms with Crippen LogP contribution in [0.5, 0.6) is 0 Å². The van der Waals surface area contributed by atoms with Crippen molar-refractivity contribution in [3.05, 3.63) is 56.8 Å². The highest BCUT2D eigenvalue weighted by molar-refractivity contribution is 7.11. The van der Waals surface area contributed by atoms with Gasteiger partial charge in [-0.15, -0.1) is 11.3 Å². The van der Waals surface area contributed by atoms with Crippen molar-refractivity contribution in [1.29, 1.82) is 0 Å². The lowest BCUT2D eigenvalue weighted by atomic mass is 10.1. The third-order valence-corrected chi connectivity index (χ3v) is 5.02. The van der Waals surface area contributed by atoms with E-state index in [1.165, 1.54) is 11.3 Å². The standard InChI is InChI=1S/C16H12N4O2S/c1-7-5-6-23-15(7)13-11-12(19-20-13)8-3-2-4-9(18-16(17)22)10(8)14(11)21/h2-6,12H,1H3,(H3,17,18,22). The van der Waals surface area contributed by atoms with Gasteiger partial charge in [0, 0.05) is 0 Å². The minimum atomic E-state index is -0.701. The summed E-state index contributed by atoms with van der Waals surface area (Å²) in [6.45, 7) is 1.98. The summed E-state index contributed by atoms with van der Waals surface area (Å²) in [4.78, 5) is 25.1. The Morgan fingerprint density at radius 3 is 2.87 bits per heavy atom. The van der Waals surface area contributed by atoms with Gasteiger partial charge >= 0.3 is 6.03 Å². The van der Waals surface area contributed by atoms with Crippen LogP contribution < -0.4 is 11.1 Å². The summed E-state index contributed by atoms with van der Waals surface area (Å²) < 4.78 is 0. The number of nitrogens with zero attached hydrogens (tertiary/aromatic N) is 2. The lowest BCUT2D eigenvalue weighted by Crippen LogP contribution is -2.20. The summed E-state index contributed by atoms with van der Waals surface area (Å²) in [5.41, 5.74) is 9.09. The maximum atomic E-state index is 12.9. The molecule has 1 aliphatic heterocycles. The Kier molecular flexibility index (Phi) is 2.92. The molecular weight excluding hydrogens is 312 g/mol. The molecule has 0 saturated carbocycles. The smallest absolute Gasteiger partial charge is 0.316 e. The van der Waals surface area contributed by atoms with E-state index in [4.69, 9.17) is 5.73 Å². The second kappa shape index (κ2) is 4.85. The number of urea groups is 1. The number of ketones is 1. The zero-order chi connectivity index (χ0) is 16.1. The fraction of sp³-hybridized carbons (Fsp3) is 0.125. The fourth-order valence-corrected chi connectivity index (χ4v) is 3.94. The van der Waals surface area contributed by atoms with Crippen molar-refractivity contribution in [3.8, 4) is 0 Å². The largest absolute Gasteiger partial charge is 0.351 e. The van der Waals surface area contributed by atoms with Crippen LogP contribution in [0.25, 0.3) is 5.70 Å². The van der Waals surface area contributed by atoms with E-state index in [1.54, 1.807) is 12.1 Å². The maximum Gasteiger partial charge on any atom is 0.316 e. The number of anilines is 1. The van der Waals surface area contributed by atoms with E-state index in [0.717, 1.165) is 16.0 Å². The molecule has 1 atom stereocenters. The molecule has 2 aromatic rings. The average molecular weight is 324 g/mol. The number of carbonyl (C=O) groups is 2. The molecule has 0 fully saturated rings. The van der Waals surface area contributed by atoms with Crippen molar-refractivity contribution in [1.82, 2.24) is 0 Å². The van der Waals surface area contributed by atoms with Gasteiger partial charge in [0.1, 0.15) is 11.7 Å². The Labute approximate surface area is 135 Å². The molecule has 3 N–H and O–H groups in total. The third-order valence-electron chi connectivity index (χ3n) is 4.00. The number of fused-ring (bicyclic) bond motifs is 3. The van der Waals surface area contributed by atoms with Crippen LogP contribution in [0.1, 0.15) is 32.4 Å². The number of nitrogens with two attached hydrogens (primary N) is 1. The first-order valence-electron chi connectivity index (χ1n) is 7.01. The molecule has 0 saturated heterocycles. The molecule has 1 unspecified atom stereocenters. The third kappa shape index (κ3) is 1.93. The van der Waals surface area contributed by atoms with Crippen LogP contribution in [-0.2, 0) is 0 Å². The molecule has 2 amide bonds. The van der Waals surface area contributed by atoms with E-state index in [-0.39, 0.29) is 5.78 Å². The number of hydrogen-bond acceptors (Lipinski definition) is 5. The maximum absolute atomic E-state index is 12.9. The Hall–Kier alpha value is -2.80. The van der Waals surface area contributed by atoms with Gasteiger partial charge in [-0.1, -0.05) is 12.1 Å². The first-order valence-corrected chi connectivity index (χ1v) is 7.89. The van der Waals surface area contributed by atoms with Gasteiger partial charge in [-0.25, -0.2) is 4.79 Å². The van der Waals surface area contributed by atoms with Gasteiger partial charge in [0.05, 0.1) is 21.7 Å². The summed E-state index contributed by atoms with van der Waals surface area (Å²) in [6, 6.07) is 6.15. The summed E-state index contributed by atoms with van der Waals surface area (Å²) in [5.74, 6) is -0.151. The molecule has 1 aromatic heterocycles. The minimum Gasteiger partial charge on any atom is -0.351 e. The van der Waals surface area contributed by atoms with Crippen LogP contribution in [0.2, 0.25) is 0 Å². The van der Waals surface area contributed by atoms with Crippen molar-refractivity contribution in [3.63, 3.8) is 0 Å². The second-order valence-corrected chi connectivity index (χ2v) is 6.32. The molecule has 0 bridgehead atoms. The summed E-state index contributed by atoms with van der Waals surface area (Å²) in [6.07, 6.45) is 0. The van der Waals surface area contributed by atoms with E-state index >= 15 is 0 Å². The number of benzene rings is 1. The van der Waals surface area contributed by atoms with E-state index in [1.807, 2.05) is 24.4 Å². The molecule has 0 spiro atoms. The molecule has 0 radical (unpaired) electrons. The van der Waals surface area contributed by atoms with Crippen molar-refractivity contribution >= 4 is 34.5 Å². The number of azo groups is 1. The number of aryl methyl sites for hydroxylation is 1. The molecule has 7 heteroatoms. The number of hydrogen-bond donors (Lipinski definition) is 2. The van der Waals surface area contributed by atoms with Gasteiger partial charge in [-0.3, -0.25) is 4.79 Å². The number of nitrogens with one attached hydrogen (secondary N) is 1. The molecule has 1 aliphatic carbocycles. The molecule has 2 heterocycles. The van der Waals surface area contributed by atoms with Gasteiger partial charge in [-0.05, 0) is 35.6 Å². The van der Waals surface area contributed by atoms with E-state index < -0.39 is 12.1 Å². The predicted molar refractivity (Wildman–Crippen MR) is 87.6 cm³/mol. The van der Waals surface area contributed by atoms with Gasteiger partial charge in [0.2, 0.25) is 0 Å². The second-order valence-electron chi connectivity index (χ2n) is 5.40. The first-order chi connectivity index (χ1) is 11.1. The Balaban J connectivity index is 1.90. The highest BCUT2D eigenvalue weighted by Crippen LogP contribution is 2.49. The lowest BCUT2D eigenvalue weighted by Gasteiger charge is -2.07. The quantitative estimate of drug-likeness (QED) is 0.881. The van der Waals surface area contributed by atoms with E-state index in [2.05, 4.69) is 15.5 Å². The zero-order valence-corrected chi connectivity index (χ0v) is 13.0. The van der Waals surface area contributed by atoms with Crippen LogP contribution in [0.15, 0.2) is 45.4 Å². The molecular formula is C16H12N4O2S. The Bertz CT molecular complexity index is 926. The van der Waals surface area contributed by atoms with Crippen molar-refractivity contribution < 1.29 is 9.59 Å². The SMILES string of the molecule is Cc1ccsc1C1=C2C(=O)c3c(NC(N)=O)cccc3C2N=N1. The Morgan fingerprint density at radius 1 is 1.35 bits per heavy atom. The average Bonchev–Trinajstić information content (AvgIpc) is 3.16. The molecule has 114 valence electrons. The first kappa shape index (κ1) is 13.8. The number of amides is 2. The van der Waals surface area contributed by atoms with Crippen LogP contribution in [0.4, 0.5) is 10.5 Å². The number of primary amides is 1. The zero-order valence-electron chi connectivity index (χ0n) is 12.2. The van der Waals surface area contributed by atoms with Gasteiger partial charge in [-0.2, -0.15) is 10.2 Å². The van der Waals surface area contributed by atoms with Crippen LogP contribution in [0, 0.1) is 6.92 Å². The van der Waals surface area contributed by atoms with Crippen molar-refractivity contribution in [2.75, 3.05) is 5.32 Å². The highest BCUT2D eigenvalue weighted by atomic mass is 32.1. The molecule has 6 nitrogen and oxygen atoms in total. The van der Waals surface area contributed by atoms with E-state index in [0.29, 0.717) is 22.5 Å². The number of carbonyl (C=O) groups excluding carboxylic acids is 2. The van der Waals surface area contributed by atoms with Crippen LogP contribution >= 0.6 is 11.3 Å². The summed E-state index contributed by atoms with van der Waals surface area (Å²) in [7, 11) is 0. The summed E-state index contributed by atoms with van der Waals surface area (Å²) in [5, 5.41) is 13.0. The summed E-state index contributed by atoms with van der Waals surface area (Å²) >= 11 is 1.54. The van der Waals surface area contributed by atoms with Crippen molar-refractivity contribution in [2.45, 2.75) is 13.0 Å². The highest BCUT2D eigenvalue weighted by Gasteiger charge is 2.42. The topological polar surface area (TPSA) is 96.9 Å². The molecule has 1 aromatic carbocycles. The number of rotatable bonds is 2. The molecule has 23 heavy (non-hydrogen) atoms. The normalized spacial score (nSPS) is 18.3. The lowest BCUT2D eigenvalue weighted by molar-refractivity contribution is 0.103. The van der Waals surface area contributed by atoms with Gasteiger partial charge in [0.15, 0.2) is 5.78 Å². The monoisotopic (exact) mass is 324 g/mol. The molecule has 2 aliphatic rings.